The van der Waals surface area contributed by atoms with Crippen LogP contribution in [0.5, 0.6) is 0 Å². The molecule has 0 aromatic heterocycles. The number of hydrogen-bond donors (Lipinski definition) is 2. The molecule has 0 rings (SSSR count). The third kappa shape index (κ3) is 7.43. The van der Waals surface area contributed by atoms with Gasteiger partial charge < -0.3 is 15.2 Å². The molecule has 19 heavy (non-hydrogen) atoms. The first-order chi connectivity index (χ1) is 8.77. The molecule has 2 atom stereocenters. The van der Waals surface area contributed by atoms with Crippen molar-refractivity contribution in [2.75, 3.05) is 6.61 Å². The summed E-state index contributed by atoms with van der Waals surface area (Å²) in [5.74, 6) is -2.30. The fourth-order valence-corrected chi connectivity index (χ4v) is 1.65. The lowest BCUT2D eigenvalue weighted by molar-refractivity contribution is -0.147. The first-order valence-corrected chi connectivity index (χ1v) is 6.45. The Morgan fingerprint density at radius 2 is 1.74 bits per heavy atom. The molecule has 0 saturated heterocycles. The van der Waals surface area contributed by atoms with Crippen molar-refractivity contribution in [3.8, 4) is 0 Å². The van der Waals surface area contributed by atoms with E-state index in [-0.39, 0.29) is 31.3 Å². The van der Waals surface area contributed by atoms with Gasteiger partial charge in [-0.2, -0.15) is 0 Å². The maximum Gasteiger partial charge on any atom is 0.326 e. The minimum Gasteiger partial charge on any atom is -0.480 e. The van der Waals surface area contributed by atoms with Crippen molar-refractivity contribution in [3.63, 3.8) is 0 Å². The molecule has 0 saturated carbocycles. The van der Waals surface area contributed by atoms with Gasteiger partial charge in [0.2, 0.25) is 5.91 Å². The quantitative estimate of drug-likeness (QED) is 0.648. The van der Waals surface area contributed by atoms with Crippen LogP contribution in [0.2, 0.25) is 0 Å². The predicted octanol–water partition coefficient (Wildman–Crippen LogP) is 1.19. The van der Waals surface area contributed by atoms with Gasteiger partial charge in [0.05, 0.1) is 13.0 Å². The number of carbonyl (C=O) groups excluding carboxylic acids is 2. The van der Waals surface area contributed by atoms with E-state index >= 15 is 0 Å². The van der Waals surface area contributed by atoms with Crippen LogP contribution in [0.25, 0.3) is 0 Å². The van der Waals surface area contributed by atoms with E-state index < -0.39 is 23.9 Å². The maximum absolute atomic E-state index is 11.6. The standard InChI is InChI=1S/C13H23NO5/c1-5-19-11(16)7-9(4)12(13(17)18)14-10(15)6-8(2)3/h8-9,12H,5-7H2,1-4H3,(H,14,15)(H,17,18)/t9-,12+/m1/s1. The summed E-state index contributed by atoms with van der Waals surface area (Å²) in [6.07, 6.45) is 0.225. The molecule has 6 nitrogen and oxygen atoms in total. The lowest BCUT2D eigenvalue weighted by atomic mass is 9.97. The Kier molecular flexibility index (Phi) is 7.79. The number of hydrogen-bond acceptors (Lipinski definition) is 4. The van der Waals surface area contributed by atoms with Crippen molar-refractivity contribution >= 4 is 17.8 Å². The first kappa shape index (κ1) is 17.4. The number of carboxylic acids is 1. The van der Waals surface area contributed by atoms with Gasteiger partial charge in [0.15, 0.2) is 0 Å². The number of carboxylic acid groups (broad SMARTS) is 1. The zero-order chi connectivity index (χ0) is 15.0. The Morgan fingerprint density at radius 1 is 1.16 bits per heavy atom. The molecule has 2 N–H and O–H groups in total. The Balaban J connectivity index is 4.51. The summed E-state index contributed by atoms with van der Waals surface area (Å²) in [5.41, 5.74) is 0. The van der Waals surface area contributed by atoms with Crippen LogP contribution >= 0.6 is 0 Å². The molecule has 6 heteroatoms. The van der Waals surface area contributed by atoms with Crippen LogP contribution < -0.4 is 5.32 Å². The van der Waals surface area contributed by atoms with Gasteiger partial charge in [-0.05, 0) is 18.8 Å². The summed E-state index contributed by atoms with van der Waals surface area (Å²) in [7, 11) is 0. The normalized spacial score (nSPS) is 13.7. The highest BCUT2D eigenvalue weighted by atomic mass is 16.5. The molecule has 0 unspecified atom stereocenters. The summed E-state index contributed by atoms with van der Waals surface area (Å²) in [6.45, 7) is 7.28. The smallest absolute Gasteiger partial charge is 0.326 e. The average molecular weight is 273 g/mol. The zero-order valence-corrected chi connectivity index (χ0v) is 11.9. The molecule has 0 bridgehead atoms. The molecular formula is C13H23NO5. The van der Waals surface area contributed by atoms with Gasteiger partial charge in [-0.25, -0.2) is 4.79 Å². The van der Waals surface area contributed by atoms with Crippen molar-refractivity contribution in [2.24, 2.45) is 11.8 Å². The number of ether oxygens (including phenoxy) is 1. The second-order valence-corrected chi connectivity index (χ2v) is 4.97. The summed E-state index contributed by atoms with van der Waals surface area (Å²) in [5, 5.41) is 11.6. The van der Waals surface area contributed by atoms with Crippen molar-refractivity contribution in [2.45, 2.75) is 46.6 Å². The van der Waals surface area contributed by atoms with Crippen LogP contribution in [0.15, 0.2) is 0 Å². The van der Waals surface area contributed by atoms with E-state index in [0.29, 0.717) is 0 Å². The minimum absolute atomic E-state index is 0.0350. The first-order valence-electron chi connectivity index (χ1n) is 6.45. The monoisotopic (exact) mass is 273 g/mol. The fraction of sp³-hybridized carbons (Fsp3) is 0.769. The highest BCUT2D eigenvalue weighted by Crippen LogP contribution is 2.11. The Labute approximate surface area is 113 Å². The van der Waals surface area contributed by atoms with E-state index in [1.165, 1.54) is 0 Å². The van der Waals surface area contributed by atoms with Crippen LogP contribution in [0, 0.1) is 11.8 Å². The third-order valence-electron chi connectivity index (χ3n) is 2.54. The summed E-state index contributed by atoms with van der Waals surface area (Å²) in [4.78, 5) is 34.0. The molecule has 0 fully saturated rings. The molecule has 110 valence electrons. The number of aliphatic carboxylic acids is 1. The maximum atomic E-state index is 11.6. The van der Waals surface area contributed by atoms with Crippen LogP contribution in [0.1, 0.15) is 40.5 Å². The summed E-state index contributed by atoms with van der Waals surface area (Å²) >= 11 is 0. The van der Waals surface area contributed by atoms with Crippen LogP contribution in [0.3, 0.4) is 0 Å². The van der Waals surface area contributed by atoms with Crippen LogP contribution in [-0.4, -0.2) is 35.6 Å². The molecular weight excluding hydrogens is 250 g/mol. The van der Waals surface area contributed by atoms with Gasteiger partial charge in [-0.3, -0.25) is 9.59 Å². The highest BCUT2D eigenvalue weighted by Gasteiger charge is 2.28. The molecule has 0 heterocycles. The second kappa shape index (κ2) is 8.50. The van der Waals surface area contributed by atoms with Gasteiger partial charge in [-0.1, -0.05) is 20.8 Å². The largest absolute Gasteiger partial charge is 0.480 e. The van der Waals surface area contributed by atoms with Gasteiger partial charge in [0.1, 0.15) is 6.04 Å². The second-order valence-electron chi connectivity index (χ2n) is 4.97. The molecule has 0 aliphatic heterocycles. The van der Waals surface area contributed by atoms with Crippen molar-refractivity contribution < 1.29 is 24.2 Å². The molecule has 0 aliphatic rings. The summed E-state index contributed by atoms with van der Waals surface area (Å²) in [6, 6.07) is -1.07. The third-order valence-corrected chi connectivity index (χ3v) is 2.54. The summed E-state index contributed by atoms with van der Waals surface area (Å²) < 4.78 is 4.77. The van der Waals surface area contributed by atoms with Crippen molar-refractivity contribution in [1.29, 1.82) is 0 Å². The van der Waals surface area contributed by atoms with Gasteiger partial charge in [0.25, 0.3) is 0 Å². The van der Waals surface area contributed by atoms with E-state index in [1.54, 1.807) is 13.8 Å². The van der Waals surface area contributed by atoms with E-state index in [0.717, 1.165) is 0 Å². The SMILES string of the molecule is CCOC(=O)C[C@@H](C)[C@H](NC(=O)CC(C)C)C(=O)O. The Hall–Kier alpha value is -1.59. The number of carbonyl (C=O) groups is 3. The topological polar surface area (TPSA) is 92.7 Å². The van der Waals surface area contributed by atoms with E-state index in [1.807, 2.05) is 13.8 Å². The number of esters is 1. The van der Waals surface area contributed by atoms with E-state index in [2.05, 4.69) is 5.32 Å². The lowest BCUT2D eigenvalue weighted by Gasteiger charge is -2.21. The molecule has 1 amide bonds. The number of nitrogens with one attached hydrogen (secondary N) is 1. The van der Waals surface area contributed by atoms with Gasteiger partial charge in [0, 0.05) is 6.42 Å². The Morgan fingerprint density at radius 3 is 2.16 bits per heavy atom. The Bertz CT molecular complexity index is 327. The molecule has 0 radical (unpaired) electrons. The molecule has 0 aromatic rings. The average Bonchev–Trinajstić information content (AvgIpc) is 2.24. The van der Waals surface area contributed by atoms with E-state index in [4.69, 9.17) is 9.84 Å². The lowest BCUT2D eigenvalue weighted by Crippen LogP contribution is -2.46. The highest BCUT2D eigenvalue weighted by molar-refractivity contribution is 5.84. The van der Waals surface area contributed by atoms with Gasteiger partial charge >= 0.3 is 11.9 Å². The van der Waals surface area contributed by atoms with Gasteiger partial charge in [-0.15, -0.1) is 0 Å². The molecule has 0 spiro atoms. The zero-order valence-electron chi connectivity index (χ0n) is 11.9. The minimum atomic E-state index is -1.14. The molecule has 0 aliphatic carbocycles. The van der Waals surface area contributed by atoms with Crippen molar-refractivity contribution in [1.82, 2.24) is 5.32 Å². The fourth-order valence-electron chi connectivity index (χ4n) is 1.65. The molecule has 0 aromatic carbocycles. The van der Waals surface area contributed by atoms with Crippen molar-refractivity contribution in [3.05, 3.63) is 0 Å². The number of rotatable bonds is 8. The number of amides is 1. The predicted molar refractivity (Wildman–Crippen MR) is 69.4 cm³/mol. The van der Waals surface area contributed by atoms with Crippen LogP contribution in [0.4, 0.5) is 0 Å². The van der Waals surface area contributed by atoms with E-state index in [9.17, 15) is 14.4 Å². The van der Waals surface area contributed by atoms with Crippen LogP contribution in [-0.2, 0) is 19.1 Å².